The van der Waals surface area contributed by atoms with Crippen LogP contribution in [0.1, 0.15) is 16.8 Å². The Morgan fingerprint density at radius 3 is 2.32 bits per heavy atom. The van der Waals surface area contributed by atoms with Gasteiger partial charge in [-0.3, -0.25) is 4.40 Å². The number of hydrogen-bond donors (Lipinski definition) is 0. The normalized spacial score (nSPS) is 11.6. The molecular formula is C25H19N3. The van der Waals surface area contributed by atoms with Gasteiger partial charge in [0.2, 0.25) is 0 Å². The van der Waals surface area contributed by atoms with E-state index in [0.717, 1.165) is 39.2 Å². The van der Waals surface area contributed by atoms with E-state index in [4.69, 9.17) is 9.97 Å². The van der Waals surface area contributed by atoms with Crippen LogP contribution < -0.4 is 0 Å². The lowest BCUT2D eigenvalue weighted by Crippen LogP contribution is -1.95. The molecule has 134 valence electrons. The standard InChI is InChI=1S/C25H19N3/c1-18-11-13-19(14-12-18)15-16-22-25-27-21-9-5-6-10-24(21)28(25)17-23(26-22)20-7-3-2-4-8-20/h2-17H,1H3. The van der Waals surface area contributed by atoms with Crippen molar-refractivity contribution in [3.05, 3.63) is 102 Å². The van der Waals surface area contributed by atoms with Gasteiger partial charge in [-0.05, 0) is 30.7 Å². The molecule has 0 unspecified atom stereocenters. The molecule has 3 heteroatoms. The summed E-state index contributed by atoms with van der Waals surface area (Å²) in [5, 5.41) is 0. The van der Waals surface area contributed by atoms with Crippen molar-refractivity contribution >= 4 is 28.8 Å². The number of aryl methyl sites for hydroxylation is 1. The molecular weight excluding hydrogens is 342 g/mol. The molecule has 0 saturated heterocycles. The van der Waals surface area contributed by atoms with E-state index in [0.29, 0.717) is 0 Å². The lowest BCUT2D eigenvalue weighted by Gasteiger charge is -2.06. The molecule has 0 radical (unpaired) electrons. The molecule has 5 aromatic rings. The highest BCUT2D eigenvalue weighted by Crippen LogP contribution is 2.24. The van der Waals surface area contributed by atoms with Gasteiger partial charge >= 0.3 is 0 Å². The van der Waals surface area contributed by atoms with Crippen LogP contribution in [0.25, 0.3) is 40.1 Å². The van der Waals surface area contributed by atoms with E-state index >= 15 is 0 Å². The molecule has 2 heterocycles. The zero-order valence-electron chi connectivity index (χ0n) is 15.6. The minimum Gasteiger partial charge on any atom is -0.296 e. The van der Waals surface area contributed by atoms with Crippen molar-refractivity contribution in [2.24, 2.45) is 0 Å². The van der Waals surface area contributed by atoms with Crippen molar-refractivity contribution in [3.63, 3.8) is 0 Å². The highest BCUT2D eigenvalue weighted by Gasteiger charge is 2.11. The maximum Gasteiger partial charge on any atom is 0.164 e. The first-order valence-corrected chi connectivity index (χ1v) is 9.36. The molecule has 3 aromatic carbocycles. The van der Waals surface area contributed by atoms with Gasteiger partial charge in [-0.15, -0.1) is 0 Å². The fourth-order valence-corrected chi connectivity index (χ4v) is 3.40. The van der Waals surface area contributed by atoms with Crippen LogP contribution in [0.2, 0.25) is 0 Å². The third-order valence-electron chi connectivity index (χ3n) is 4.90. The van der Waals surface area contributed by atoms with E-state index < -0.39 is 0 Å². The van der Waals surface area contributed by atoms with Gasteiger partial charge in [-0.1, -0.05) is 78.4 Å². The first-order valence-electron chi connectivity index (χ1n) is 9.36. The number of hydrogen-bond acceptors (Lipinski definition) is 2. The first kappa shape index (κ1) is 16.5. The van der Waals surface area contributed by atoms with Crippen molar-refractivity contribution in [1.29, 1.82) is 0 Å². The molecule has 0 bridgehead atoms. The maximum atomic E-state index is 4.93. The lowest BCUT2D eigenvalue weighted by molar-refractivity contribution is 1.14. The largest absolute Gasteiger partial charge is 0.296 e. The predicted octanol–water partition coefficient (Wildman–Crippen LogP) is 6.03. The molecule has 0 saturated carbocycles. The van der Waals surface area contributed by atoms with Gasteiger partial charge in [0, 0.05) is 11.8 Å². The summed E-state index contributed by atoms with van der Waals surface area (Å²) in [6.07, 6.45) is 6.22. The summed E-state index contributed by atoms with van der Waals surface area (Å²) in [5.74, 6) is 0. The Hall–Kier alpha value is -3.72. The van der Waals surface area contributed by atoms with Crippen molar-refractivity contribution in [2.75, 3.05) is 0 Å². The smallest absolute Gasteiger partial charge is 0.164 e. The number of imidazole rings is 1. The van der Waals surface area contributed by atoms with Gasteiger partial charge in [-0.2, -0.15) is 0 Å². The van der Waals surface area contributed by atoms with E-state index in [2.05, 4.69) is 72.1 Å². The molecule has 3 nitrogen and oxygen atoms in total. The quantitative estimate of drug-likeness (QED) is 0.393. The van der Waals surface area contributed by atoms with Crippen LogP contribution >= 0.6 is 0 Å². The molecule has 0 aliphatic rings. The summed E-state index contributed by atoms with van der Waals surface area (Å²) in [7, 11) is 0. The molecule has 5 rings (SSSR count). The average molecular weight is 361 g/mol. The van der Waals surface area contributed by atoms with Gasteiger partial charge in [0.25, 0.3) is 0 Å². The molecule has 28 heavy (non-hydrogen) atoms. The number of aromatic nitrogens is 3. The van der Waals surface area contributed by atoms with Crippen molar-refractivity contribution in [3.8, 4) is 11.3 Å². The van der Waals surface area contributed by atoms with E-state index in [-0.39, 0.29) is 0 Å². The van der Waals surface area contributed by atoms with Crippen molar-refractivity contribution in [2.45, 2.75) is 6.92 Å². The minimum atomic E-state index is 0.859. The van der Waals surface area contributed by atoms with E-state index in [1.165, 1.54) is 5.56 Å². The lowest BCUT2D eigenvalue weighted by atomic mass is 10.1. The topological polar surface area (TPSA) is 30.2 Å². The van der Waals surface area contributed by atoms with Gasteiger partial charge in [-0.25, -0.2) is 9.97 Å². The van der Waals surface area contributed by atoms with Crippen molar-refractivity contribution < 1.29 is 0 Å². The predicted molar refractivity (Wildman–Crippen MR) is 116 cm³/mol. The summed E-state index contributed by atoms with van der Waals surface area (Å²) in [5.41, 5.74) is 8.20. The summed E-state index contributed by atoms with van der Waals surface area (Å²) in [6.45, 7) is 2.10. The third-order valence-corrected chi connectivity index (χ3v) is 4.90. The second kappa shape index (κ2) is 6.78. The number of para-hydroxylation sites is 2. The summed E-state index contributed by atoms with van der Waals surface area (Å²) >= 11 is 0. The molecule has 0 N–H and O–H groups in total. The van der Waals surface area contributed by atoms with E-state index in [9.17, 15) is 0 Å². The molecule has 0 aliphatic heterocycles. The Balaban J connectivity index is 1.72. The number of nitrogens with zero attached hydrogens (tertiary/aromatic N) is 3. The first-order chi connectivity index (χ1) is 13.8. The Morgan fingerprint density at radius 1 is 0.750 bits per heavy atom. The van der Waals surface area contributed by atoms with Gasteiger partial charge < -0.3 is 0 Å². The summed E-state index contributed by atoms with van der Waals surface area (Å²) in [6, 6.07) is 26.9. The highest BCUT2D eigenvalue weighted by molar-refractivity contribution is 5.85. The van der Waals surface area contributed by atoms with Crippen LogP contribution in [0.3, 0.4) is 0 Å². The van der Waals surface area contributed by atoms with Crippen LogP contribution in [0.5, 0.6) is 0 Å². The molecule has 2 aromatic heterocycles. The number of benzene rings is 3. The molecule has 0 spiro atoms. The fourth-order valence-electron chi connectivity index (χ4n) is 3.40. The SMILES string of the molecule is Cc1ccc(C=Cc2nc(-c3ccccc3)cn3c2nc2ccccc23)cc1. The van der Waals surface area contributed by atoms with Crippen molar-refractivity contribution in [1.82, 2.24) is 14.4 Å². The Bertz CT molecular complexity index is 1300. The van der Waals surface area contributed by atoms with E-state index in [1.807, 2.05) is 36.4 Å². The Morgan fingerprint density at radius 2 is 1.50 bits per heavy atom. The summed E-state index contributed by atoms with van der Waals surface area (Å²) < 4.78 is 2.14. The molecule has 0 atom stereocenters. The van der Waals surface area contributed by atoms with Gasteiger partial charge in [0.05, 0.1) is 16.7 Å². The Kier molecular flexibility index (Phi) is 3.99. The van der Waals surface area contributed by atoms with E-state index in [1.54, 1.807) is 0 Å². The fraction of sp³-hybridized carbons (Fsp3) is 0.0400. The van der Waals surface area contributed by atoms with Crippen LogP contribution in [0.4, 0.5) is 0 Å². The molecule has 0 amide bonds. The molecule has 0 fully saturated rings. The highest BCUT2D eigenvalue weighted by atomic mass is 15.0. The third kappa shape index (κ3) is 2.97. The zero-order valence-corrected chi connectivity index (χ0v) is 15.6. The Labute approximate surface area is 163 Å². The van der Waals surface area contributed by atoms with Gasteiger partial charge in [0.15, 0.2) is 5.65 Å². The van der Waals surface area contributed by atoms with Crippen LogP contribution in [-0.4, -0.2) is 14.4 Å². The maximum absolute atomic E-state index is 4.93. The molecule has 0 aliphatic carbocycles. The van der Waals surface area contributed by atoms with Crippen LogP contribution in [-0.2, 0) is 0 Å². The van der Waals surface area contributed by atoms with Crippen LogP contribution in [0.15, 0.2) is 85.1 Å². The van der Waals surface area contributed by atoms with Crippen LogP contribution in [0, 0.1) is 6.92 Å². The van der Waals surface area contributed by atoms with Gasteiger partial charge in [0.1, 0.15) is 5.69 Å². The number of rotatable bonds is 3. The second-order valence-electron chi connectivity index (χ2n) is 6.92. The zero-order chi connectivity index (χ0) is 18.9. The summed E-state index contributed by atoms with van der Waals surface area (Å²) in [4.78, 5) is 9.75. The monoisotopic (exact) mass is 361 g/mol. The second-order valence-corrected chi connectivity index (χ2v) is 6.92. The number of fused-ring (bicyclic) bond motifs is 3. The average Bonchev–Trinajstić information content (AvgIpc) is 3.13. The minimum absolute atomic E-state index is 0.859.